The van der Waals surface area contributed by atoms with Crippen molar-refractivity contribution in [1.29, 1.82) is 0 Å². The average Bonchev–Trinajstić information content (AvgIpc) is 2.32. The van der Waals surface area contributed by atoms with Gasteiger partial charge in [0, 0.05) is 18.3 Å². The van der Waals surface area contributed by atoms with Gasteiger partial charge >= 0.3 is 0 Å². The third kappa shape index (κ3) is 6.82. The summed E-state index contributed by atoms with van der Waals surface area (Å²) >= 11 is 0. The first-order valence-electron chi connectivity index (χ1n) is 6.86. The largest absolute Gasteiger partial charge is 0.389 e. The number of anilines is 1. The van der Waals surface area contributed by atoms with Crippen molar-refractivity contribution in [2.75, 3.05) is 18.5 Å². The van der Waals surface area contributed by atoms with E-state index >= 15 is 0 Å². The second kappa shape index (κ2) is 8.17. The number of aliphatic hydroxyl groups is 1. The Labute approximate surface area is 119 Å². The monoisotopic (exact) mass is 287 g/mol. The number of nitrogens with one attached hydrogen (secondary N) is 1. The van der Waals surface area contributed by atoms with E-state index < -0.39 is 17.7 Å². The van der Waals surface area contributed by atoms with Crippen LogP contribution in [-0.2, 0) is 4.74 Å². The molecule has 2 atom stereocenters. The minimum absolute atomic E-state index is 0.0799. The lowest BCUT2D eigenvalue weighted by molar-refractivity contribution is -0.00443. The van der Waals surface area contributed by atoms with Crippen LogP contribution in [0.25, 0.3) is 0 Å². The summed E-state index contributed by atoms with van der Waals surface area (Å²) in [4.78, 5) is 0. The molecule has 1 aromatic carbocycles. The van der Waals surface area contributed by atoms with E-state index in [-0.39, 0.29) is 19.3 Å². The van der Waals surface area contributed by atoms with Crippen LogP contribution in [0.15, 0.2) is 18.2 Å². The number of hydrogen-bond donors (Lipinski definition) is 2. The molecule has 0 aromatic heterocycles. The summed E-state index contributed by atoms with van der Waals surface area (Å²) in [6.45, 7) is 6.55. The molecule has 20 heavy (non-hydrogen) atoms. The maximum Gasteiger partial charge on any atom is 0.128 e. The van der Waals surface area contributed by atoms with Crippen LogP contribution in [0.3, 0.4) is 0 Å². The van der Waals surface area contributed by atoms with Crippen molar-refractivity contribution in [2.24, 2.45) is 5.92 Å². The summed E-state index contributed by atoms with van der Waals surface area (Å²) < 4.78 is 31.4. The Balaban J connectivity index is 2.30. The Bertz CT molecular complexity index is 393. The van der Waals surface area contributed by atoms with Crippen LogP contribution in [0.5, 0.6) is 0 Å². The third-order valence-electron chi connectivity index (χ3n) is 2.78. The Morgan fingerprint density at radius 1 is 1.15 bits per heavy atom. The van der Waals surface area contributed by atoms with E-state index in [1.807, 2.05) is 6.92 Å². The third-order valence-corrected chi connectivity index (χ3v) is 2.78. The van der Waals surface area contributed by atoms with Gasteiger partial charge in [-0.2, -0.15) is 0 Å². The zero-order valence-electron chi connectivity index (χ0n) is 12.2. The first kappa shape index (κ1) is 16.9. The van der Waals surface area contributed by atoms with E-state index in [0.717, 1.165) is 12.5 Å². The summed E-state index contributed by atoms with van der Waals surface area (Å²) in [6.07, 6.45) is 0.280. The molecule has 114 valence electrons. The van der Waals surface area contributed by atoms with Crippen molar-refractivity contribution in [3.63, 3.8) is 0 Å². The molecule has 0 spiro atoms. The lowest BCUT2D eigenvalue weighted by atomic mass is 10.1. The van der Waals surface area contributed by atoms with Crippen LogP contribution in [0.4, 0.5) is 14.5 Å². The molecule has 0 fully saturated rings. The molecular formula is C15H23F2NO2. The molecule has 0 saturated heterocycles. The van der Waals surface area contributed by atoms with Gasteiger partial charge < -0.3 is 15.2 Å². The Morgan fingerprint density at radius 3 is 2.30 bits per heavy atom. The zero-order chi connectivity index (χ0) is 15.1. The molecule has 0 heterocycles. The zero-order valence-corrected chi connectivity index (χ0v) is 12.2. The average molecular weight is 287 g/mol. The van der Waals surface area contributed by atoms with E-state index in [1.54, 1.807) is 0 Å². The molecule has 5 heteroatoms. The lowest BCUT2D eigenvalue weighted by Gasteiger charge is -2.18. The number of benzene rings is 1. The van der Waals surface area contributed by atoms with Crippen molar-refractivity contribution >= 4 is 5.69 Å². The second-order valence-corrected chi connectivity index (χ2v) is 5.47. The van der Waals surface area contributed by atoms with Crippen molar-refractivity contribution in [1.82, 2.24) is 0 Å². The molecular weight excluding hydrogens is 264 g/mol. The number of ether oxygens (including phenoxy) is 1. The van der Waals surface area contributed by atoms with E-state index in [1.165, 1.54) is 12.1 Å². The van der Waals surface area contributed by atoms with Gasteiger partial charge in [0.05, 0.1) is 18.8 Å². The summed E-state index contributed by atoms with van der Waals surface area (Å²) in [5, 5.41) is 12.5. The molecule has 2 N–H and O–H groups in total. The molecule has 0 aliphatic heterocycles. The number of rotatable bonds is 8. The molecule has 0 saturated carbocycles. The summed E-state index contributed by atoms with van der Waals surface area (Å²) in [7, 11) is 0. The predicted molar refractivity (Wildman–Crippen MR) is 75.7 cm³/mol. The van der Waals surface area contributed by atoms with Gasteiger partial charge in [0.15, 0.2) is 0 Å². The molecule has 3 nitrogen and oxygen atoms in total. The highest BCUT2D eigenvalue weighted by atomic mass is 19.1. The van der Waals surface area contributed by atoms with Gasteiger partial charge in [-0.05, 0) is 31.4 Å². The first-order valence-corrected chi connectivity index (χ1v) is 6.86. The molecule has 0 radical (unpaired) electrons. The van der Waals surface area contributed by atoms with Crippen molar-refractivity contribution in [3.05, 3.63) is 29.8 Å². The van der Waals surface area contributed by atoms with Gasteiger partial charge in [-0.1, -0.05) is 13.8 Å². The molecule has 1 aromatic rings. The number of halogens is 2. The van der Waals surface area contributed by atoms with Gasteiger partial charge in [-0.15, -0.1) is 0 Å². The van der Waals surface area contributed by atoms with Crippen LogP contribution in [-0.4, -0.2) is 30.5 Å². The quantitative estimate of drug-likeness (QED) is 0.771. The maximum atomic E-state index is 13.0. The van der Waals surface area contributed by atoms with Gasteiger partial charge in [-0.3, -0.25) is 0 Å². The second-order valence-electron chi connectivity index (χ2n) is 5.47. The molecule has 1 rings (SSSR count). The number of hydrogen-bond acceptors (Lipinski definition) is 3. The SMILES string of the molecule is CC(C)CC(C)OCC(O)CNc1cc(F)cc(F)c1. The number of aliphatic hydroxyl groups excluding tert-OH is 1. The molecule has 0 aliphatic carbocycles. The molecule has 0 amide bonds. The van der Waals surface area contributed by atoms with E-state index in [4.69, 9.17) is 4.74 Å². The minimum atomic E-state index is -0.726. The van der Waals surface area contributed by atoms with E-state index in [0.29, 0.717) is 11.6 Å². The first-order chi connectivity index (χ1) is 9.36. The van der Waals surface area contributed by atoms with Crippen molar-refractivity contribution in [3.8, 4) is 0 Å². The summed E-state index contributed by atoms with van der Waals surface area (Å²) in [5.74, 6) is -0.761. The van der Waals surface area contributed by atoms with Crippen molar-refractivity contribution < 1.29 is 18.6 Å². The molecule has 2 unspecified atom stereocenters. The highest BCUT2D eigenvalue weighted by Crippen LogP contribution is 2.13. The Morgan fingerprint density at radius 2 is 1.75 bits per heavy atom. The van der Waals surface area contributed by atoms with Crippen LogP contribution < -0.4 is 5.32 Å². The fourth-order valence-corrected chi connectivity index (χ4v) is 1.96. The molecule has 0 bridgehead atoms. The topological polar surface area (TPSA) is 41.5 Å². The fourth-order valence-electron chi connectivity index (χ4n) is 1.96. The van der Waals surface area contributed by atoms with Gasteiger partial charge in [0.25, 0.3) is 0 Å². The van der Waals surface area contributed by atoms with E-state index in [9.17, 15) is 13.9 Å². The maximum absolute atomic E-state index is 13.0. The normalized spacial score (nSPS) is 14.3. The summed E-state index contributed by atoms with van der Waals surface area (Å²) in [6, 6.07) is 3.16. The minimum Gasteiger partial charge on any atom is -0.389 e. The molecule has 0 aliphatic rings. The Hall–Kier alpha value is -1.20. The van der Waals surface area contributed by atoms with Crippen molar-refractivity contribution in [2.45, 2.75) is 39.4 Å². The van der Waals surface area contributed by atoms with Crippen LogP contribution in [0.2, 0.25) is 0 Å². The highest BCUT2D eigenvalue weighted by molar-refractivity contribution is 5.43. The van der Waals surface area contributed by atoms with Crippen LogP contribution in [0, 0.1) is 17.6 Å². The van der Waals surface area contributed by atoms with Gasteiger partial charge in [0.2, 0.25) is 0 Å². The van der Waals surface area contributed by atoms with Crippen LogP contribution >= 0.6 is 0 Å². The van der Waals surface area contributed by atoms with Crippen LogP contribution in [0.1, 0.15) is 27.2 Å². The fraction of sp³-hybridized carbons (Fsp3) is 0.600. The van der Waals surface area contributed by atoms with Gasteiger partial charge in [-0.25, -0.2) is 8.78 Å². The smallest absolute Gasteiger partial charge is 0.128 e. The highest BCUT2D eigenvalue weighted by Gasteiger charge is 2.10. The van der Waals surface area contributed by atoms with Gasteiger partial charge in [0.1, 0.15) is 11.6 Å². The lowest BCUT2D eigenvalue weighted by Crippen LogP contribution is -2.27. The van der Waals surface area contributed by atoms with E-state index in [2.05, 4.69) is 19.2 Å². The summed E-state index contributed by atoms with van der Waals surface area (Å²) in [5.41, 5.74) is 0.303. The standard InChI is InChI=1S/C15H23F2NO2/c1-10(2)4-11(3)20-9-15(19)8-18-14-6-12(16)5-13(17)7-14/h5-7,10-11,15,18-19H,4,8-9H2,1-3H3. The Kier molecular flexibility index (Phi) is 6.88. The predicted octanol–water partition coefficient (Wildman–Crippen LogP) is 3.19.